The molecule has 0 unspecified atom stereocenters. The van der Waals surface area contributed by atoms with Gasteiger partial charge in [-0.2, -0.15) is 13.2 Å². The van der Waals surface area contributed by atoms with Crippen molar-refractivity contribution in [1.82, 2.24) is 5.32 Å². The van der Waals surface area contributed by atoms with Gasteiger partial charge in [0.2, 0.25) is 0 Å². The normalized spacial score (nSPS) is 12.4. The number of unbranched alkanes of at least 4 members (excludes halogenated alkanes) is 3. The first-order chi connectivity index (χ1) is 7.92. The van der Waals surface area contributed by atoms with Crippen LogP contribution >= 0.6 is 0 Å². The highest BCUT2D eigenvalue weighted by Crippen LogP contribution is 2.18. The Balaban J connectivity index is 3.04. The van der Waals surface area contributed by atoms with E-state index in [2.05, 4.69) is 19.2 Å². The minimum absolute atomic E-state index is 0.210. The minimum Gasteiger partial charge on any atom is -0.381 e. The van der Waals surface area contributed by atoms with Gasteiger partial charge in [0.05, 0.1) is 13.0 Å². The molecule has 0 aliphatic heterocycles. The first-order valence-electron chi connectivity index (χ1n) is 6.29. The van der Waals surface area contributed by atoms with Crippen LogP contribution in [0.4, 0.5) is 13.2 Å². The maximum atomic E-state index is 11.7. The standard InChI is InChI=1S/C12H24F3NO/c1-11(2)16-8-5-3-4-6-9-17-10-7-12(13,14)15/h11,16H,3-10H2,1-2H3. The molecule has 0 aromatic rings. The summed E-state index contributed by atoms with van der Waals surface area (Å²) in [4.78, 5) is 0. The molecule has 0 heterocycles. The van der Waals surface area contributed by atoms with E-state index in [0.717, 1.165) is 32.2 Å². The zero-order valence-corrected chi connectivity index (χ0v) is 10.8. The second-order valence-electron chi connectivity index (χ2n) is 4.50. The van der Waals surface area contributed by atoms with Crippen molar-refractivity contribution in [2.75, 3.05) is 19.8 Å². The molecule has 17 heavy (non-hydrogen) atoms. The van der Waals surface area contributed by atoms with Gasteiger partial charge in [-0.25, -0.2) is 0 Å². The molecule has 0 aromatic heterocycles. The summed E-state index contributed by atoms with van der Waals surface area (Å²) >= 11 is 0. The van der Waals surface area contributed by atoms with Crippen LogP contribution in [0.15, 0.2) is 0 Å². The first kappa shape index (κ1) is 16.7. The Morgan fingerprint density at radius 2 is 1.65 bits per heavy atom. The average molecular weight is 255 g/mol. The number of ether oxygens (including phenoxy) is 1. The topological polar surface area (TPSA) is 21.3 Å². The smallest absolute Gasteiger partial charge is 0.381 e. The first-order valence-corrected chi connectivity index (χ1v) is 6.29. The Labute approximate surface area is 102 Å². The van der Waals surface area contributed by atoms with Gasteiger partial charge in [-0.1, -0.05) is 26.7 Å². The van der Waals surface area contributed by atoms with Crippen LogP contribution < -0.4 is 5.32 Å². The van der Waals surface area contributed by atoms with E-state index in [9.17, 15) is 13.2 Å². The van der Waals surface area contributed by atoms with Crippen molar-refractivity contribution in [1.29, 1.82) is 0 Å². The van der Waals surface area contributed by atoms with E-state index in [0.29, 0.717) is 12.6 Å². The van der Waals surface area contributed by atoms with E-state index in [1.54, 1.807) is 0 Å². The van der Waals surface area contributed by atoms with Crippen LogP contribution in [0.2, 0.25) is 0 Å². The molecule has 1 N–H and O–H groups in total. The summed E-state index contributed by atoms with van der Waals surface area (Å²) in [6.07, 6.45) is -0.859. The molecule has 0 rings (SSSR count). The van der Waals surface area contributed by atoms with Gasteiger partial charge in [-0.05, 0) is 19.4 Å². The molecule has 0 saturated carbocycles. The maximum absolute atomic E-state index is 11.7. The Bertz CT molecular complexity index is 172. The van der Waals surface area contributed by atoms with Crippen molar-refractivity contribution >= 4 is 0 Å². The predicted octanol–water partition coefficient (Wildman–Crippen LogP) is 3.51. The molecule has 0 fully saturated rings. The third-order valence-corrected chi connectivity index (χ3v) is 2.30. The Kier molecular flexibility index (Phi) is 9.55. The van der Waals surface area contributed by atoms with Crippen molar-refractivity contribution in [2.24, 2.45) is 0 Å². The van der Waals surface area contributed by atoms with E-state index in [1.807, 2.05) is 0 Å². The predicted molar refractivity (Wildman–Crippen MR) is 63.1 cm³/mol. The lowest BCUT2D eigenvalue weighted by molar-refractivity contribution is -0.145. The van der Waals surface area contributed by atoms with Gasteiger partial charge in [0.15, 0.2) is 0 Å². The molecule has 0 saturated heterocycles. The third-order valence-electron chi connectivity index (χ3n) is 2.30. The number of rotatable bonds is 10. The average Bonchev–Trinajstić information content (AvgIpc) is 2.18. The second kappa shape index (κ2) is 9.71. The number of alkyl halides is 3. The highest BCUT2D eigenvalue weighted by molar-refractivity contribution is 4.53. The molecule has 0 aromatic carbocycles. The Hall–Kier alpha value is -0.290. The van der Waals surface area contributed by atoms with Crippen LogP contribution in [-0.4, -0.2) is 32.0 Å². The second-order valence-corrected chi connectivity index (χ2v) is 4.50. The third kappa shape index (κ3) is 15.7. The summed E-state index contributed by atoms with van der Waals surface area (Å²) in [6.45, 7) is 5.45. The highest BCUT2D eigenvalue weighted by Gasteiger charge is 2.26. The van der Waals surface area contributed by atoms with Crippen LogP contribution in [0.1, 0.15) is 46.0 Å². The van der Waals surface area contributed by atoms with E-state index >= 15 is 0 Å². The summed E-state index contributed by atoms with van der Waals surface area (Å²) in [5.74, 6) is 0. The molecule has 104 valence electrons. The molecular formula is C12H24F3NO. The van der Waals surface area contributed by atoms with E-state index in [4.69, 9.17) is 4.74 Å². The largest absolute Gasteiger partial charge is 0.391 e. The SMILES string of the molecule is CC(C)NCCCCCCOCCC(F)(F)F. The number of nitrogens with one attached hydrogen (secondary N) is 1. The van der Waals surface area contributed by atoms with Gasteiger partial charge in [-0.15, -0.1) is 0 Å². The van der Waals surface area contributed by atoms with Crippen molar-refractivity contribution in [3.8, 4) is 0 Å². The van der Waals surface area contributed by atoms with Crippen molar-refractivity contribution in [3.05, 3.63) is 0 Å². The molecule has 0 spiro atoms. The fraction of sp³-hybridized carbons (Fsp3) is 1.00. The Morgan fingerprint density at radius 1 is 1.00 bits per heavy atom. The van der Waals surface area contributed by atoms with Crippen molar-refractivity contribution < 1.29 is 17.9 Å². The molecule has 0 atom stereocenters. The van der Waals surface area contributed by atoms with Gasteiger partial charge in [-0.3, -0.25) is 0 Å². The van der Waals surface area contributed by atoms with E-state index in [1.165, 1.54) is 0 Å². The zero-order chi connectivity index (χ0) is 13.1. The molecule has 0 amide bonds. The van der Waals surface area contributed by atoms with Crippen LogP contribution in [-0.2, 0) is 4.74 Å². The van der Waals surface area contributed by atoms with Crippen LogP contribution in [0.5, 0.6) is 0 Å². The number of hydrogen-bond donors (Lipinski definition) is 1. The summed E-state index contributed by atoms with van der Waals surface area (Å²) in [5.41, 5.74) is 0. The lowest BCUT2D eigenvalue weighted by Gasteiger charge is -2.08. The molecule has 5 heteroatoms. The van der Waals surface area contributed by atoms with Gasteiger partial charge in [0.1, 0.15) is 0 Å². The summed E-state index contributed by atoms with van der Waals surface area (Å²) < 4.78 is 40.2. The molecule has 0 bridgehead atoms. The molecule has 2 nitrogen and oxygen atoms in total. The van der Waals surface area contributed by atoms with Crippen LogP contribution in [0, 0.1) is 0 Å². The fourth-order valence-corrected chi connectivity index (χ4v) is 1.36. The monoisotopic (exact) mass is 255 g/mol. The number of halogens is 3. The maximum Gasteiger partial charge on any atom is 0.391 e. The summed E-state index contributed by atoms with van der Waals surface area (Å²) in [5, 5.41) is 3.32. The quantitative estimate of drug-likeness (QED) is 0.603. The summed E-state index contributed by atoms with van der Waals surface area (Å²) in [6, 6.07) is 0.515. The highest BCUT2D eigenvalue weighted by atomic mass is 19.4. The lowest BCUT2D eigenvalue weighted by atomic mass is 10.2. The fourth-order valence-electron chi connectivity index (χ4n) is 1.36. The van der Waals surface area contributed by atoms with Crippen molar-refractivity contribution in [3.63, 3.8) is 0 Å². The minimum atomic E-state index is -4.09. The zero-order valence-electron chi connectivity index (χ0n) is 10.8. The molecule has 0 radical (unpaired) electrons. The van der Waals surface area contributed by atoms with Crippen LogP contribution in [0.25, 0.3) is 0 Å². The van der Waals surface area contributed by atoms with Crippen LogP contribution in [0.3, 0.4) is 0 Å². The van der Waals surface area contributed by atoms with Gasteiger partial charge < -0.3 is 10.1 Å². The lowest BCUT2D eigenvalue weighted by Crippen LogP contribution is -2.23. The number of hydrogen-bond acceptors (Lipinski definition) is 2. The Morgan fingerprint density at radius 3 is 2.24 bits per heavy atom. The van der Waals surface area contributed by atoms with Gasteiger partial charge in [0, 0.05) is 12.6 Å². The molecule has 0 aliphatic carbocycles. The molecular weight excluding hydrogens is 231 g/mol. The summed E-state index contributed by atoms with van der Waals surface area (Å²) in [7, 11) is 0. The molecule has 0 aliphatic rings. The van der Waals surface area contributed by atoms with E-state index < -0.39 is 12.6 Å². The van der Waals surface area contributed by atoms with Crippen molar-refractivity contribution in [2.45, 2.75) is 58.2 Å². The van der Waals surface area contributed by atoms with Gasteiger partial charge >= 0.3 is 6.18 Å². The van der Waals surface area contributed by atoms with Gasteiger partial charge in [0.25, 0.3) is 0 Å². The van der Waals surface area contributed by atoms with E-state index in [-0.39, 0.29) is 6.61 Å².